The van der Waals surface area contributed by atoms with Gasteiger partial charge in [-0.2, -0.15) is 0 Å². The summed E-state index contributed by atoms with van der Waals surface area (Å²) < 4.78 is 16.2. The number of aliphatic carboxylic acids is 1. The van der Waals surface area contributed by atoms with Crippen molar-refractivity contribution in [2.24, 2.45) is 0 Å². The van der Waals surface area contributed by atoms with Crippen LogP contribution >= 0.6 is 0 Å². The van der Waals surface area contributed by atoms with Crippen LogP contribution in [0.5, 0.6) is 34.5 Å². The van der Waals surface area contributed by atoms with Gasteiger partial charge in [0.05, 0.1) is 0 Å². The van der Waals surface area contributed by atoms with E-state index in [9.17, 15) is 60.0 Å². The molecule has 15 nitrogen and oxygen atoms in total. The Morgan fingerprint density at radius 1 is 0.592 bits per heavy atom. The summed E-state index contributed by atoms with van der Waals surface area (Å²) >= 11 is 0. The van der Waals surface area contributed by atoms with Gasteiger partial charge in [-0.15, -0.1) is 0 Å². The highest BCUT2D eigenvalue weighted by Crippen LogP contribution is 2.36. The van der Waals surface area contributed by atoms with E-state index in [0.717, 1.165) is 54.6 Å². The van der Waals surface area contributed by atoms with Crippen LogP contribution in [0.4, 0.5) is 0 Å². The molecule has 15 heteroatoms. The van der Waals surface area contributed by atoms with E-state index in [1.807, 2.05) is 0 Å². The lowest BCUT2D eigenvalue weighted by atomic mass is 9.78. The normalized spacial score (nSPS) is 20.7. The van der Waals surface area contributed by atoms with E-state index >= 15 is 0 Å². The van der Waals surface area contributed by atoms with Gasteiger partial charge >= 0.3 is 23.9 Å². The van der Waals surface area contributed by atoms with Gasteiger partial charge in [0.15, 0.2) is 46.7 Å². The molecule has 0 aliphatic heterocycles. The summed E-state index contributed by atoms with van der Waals surface area (Å²) in [6.07, 6.45) is -0.397. The van der Waals surface area contributed by atoms with Crippen molar-refractivity contribution < 1.29 is 74.2 Å². The molecule has 1 aliphatic rings. The van der Waals surface area contributed by atoms with Crippen molar-refractivity contribution in [1.29, 1.82) is 0 Å². The molecule has 0 bridgehead atoms. The minimum atomic E-state index is -2.83. The first-order valence-electron chi connectivity index (χ1n) is 14.3. The quantitative estimate of drug-likeness (QED) is 0.0664. The number of ether oxygens (including phenoxy) is 3. The number of aliphatic hydroxyl groups is 1. The number of rotatable bonds is 10. The minimum absolute atomic E-state index is 0.221. The van der Waals surface area contributed by atoms with E-state index in [-0.39, 0.29) is 23.1 Å². The van der Waals surface area contributed by atoms with Crippen LogP contribution in [0, 0.1) is 0 Å². The highest BCUT2D eigenvalue weighted by Gasteiger charge is 2.58. The second-order valence-corrected chi connectivity index (χ2v) is 10.7. The Kier molecular flexibility index (Phi) is 10.8. The highest BCUT2D eigenvalue weighted by atomic mass is 16.6. The predicted octanol–water partition coefficient (Wildman–Crippen LogP) is 2.71. The standard InChI is InChI=1S/C34H30O15/c35-21-7-1-18(15-24(21)38)4-10-28(41)47-27-13-14-34(46,33(44)45)32(49-30(43)12-6-20-3-9-23(37)26(40)17-20)31(27)48-29(42)11-5-19-2-8-22(36)25(39)16-19/h1-12,15-17,27,31-32,35-40,46H,13-14H2,(H,44,45)/b10-4+,11-5+,12-6+/t27-,31+,32+,34-/m1/s1. The first-order valence-corrected chi connectivity index (χ1v) is 14.3. The predicted molar refractivity (Wildman–Crippen MR) is 168 cm³/mol. The average Bonchev–Trinajstić information content (AvgIpc) is 3.05. The Hall–Kier alpha value is -6.48. The number of esters is 3. The van der Waals surface area contributed by atoms with Crippen molar-refractivity contribution in [2.45, 2.75) is 36.8 Å². The zero-order valence-electron chi connectivity index (χ0n) is 25.2. The van der Waals surface area contributed by atoms with Gasteiger partial charge in [-0.1, -0.05) is 18.2 Å². The second-order valence-electron chi connectivity index (χ2n) is 10.7. The zero-order chi connectivity index (χ0) is 35.9. The van der Waals surface area contributed by atoms with Gasteiger partial charge in [0.2, 0.25) is 5.60 Å². The lowest BCUT2D eigenvalue weighted by Crippen LogP contribution is -2.64. The van der Waals surface area contributed by atoms with E-state index in [4.69, 9.17) is 14.2 Å². The molecule has 1 fully saturated rings. The summed E-state index contributed by atoms with van der Waals surface area (Å²) in [7, 11) is 0. The lowest BCUT2D eigenvalue weighted by molar-refractivity contribution is -0.226. The number of aromatic hydroxyl groups is 6. The number of carbonyl (C=O) groups excluding carboxylic acids is 3. The topological polar surface area (TPSA) is 258 Å². The molecular formula is C34H30O15. The van der Waals surface area contributed by atoms with E-state index in [1.54, 1.807) is 0 Å². The summed E-state index contributed by atoms with van der Waals surface area (Å²) in [5, 5.41) is 78.8. The van der Waals surface area contributed by atoms with Crippen molar-refractivity contribution in [2.75, 3.05) is 0 Å². The Bertz CT molecular complexity index is 1840. The molecule has 256 valence electrons. The monoisotopic (exact) mass is 678 g/mol. The molecule has 1 aliphatic carbocycles. The van der Waals surface area contributed by atoms with Gasteiger partial charge < -0.3 is 55.1 Å². The third-order valence-corrected chi connectivity index (χ3v) is 7.31. The number of carboxylic acids is 1. The molecule has 0 radical (unpaired) electrons. The van der Waals surface area contributed by atoms with Crippen LogP contribution in [0.25, 0.3) is 18.2 Å². The molecule has 8 N–H and O–H groups in total. The van der Waals surface area contributed by atoms with Crippen molar-refractivity contribution >= 4 is 42.1 Å². The van der Waals surface area contributed by atoms with E-state index in [1.165, 1.54) is 36.4 Å². The third-order valence-electron chi connectivity index (χ3n) is 7.31. The first kappa shape index (κ1) is 35.4. The van der Waals surface area contributed by atoms with Crippen LogP contribution in [0.15, 0.2) is 72.8 Å². The maximum Gasteiger partial charge on any atom is 0.339 e. The summed E-state index contributed by atoms with van der Waals surface area (Å²) in [5.74, 6) is -7.96. The number of carbonyl (C=O) groups is 4. The molecule has 0 unspecified atom stereocenters. The first-order chi connectivity index (χ1) is 23.2. The second kappa shape index (κ2) is 15.0. The molecule has 49 heavy (non-hydrogen) atoms. The maximum absolute atomic E-state index is 13.0. The van der Waals surface area contributed by atoms with Crippen LogP contribution in [-0.2, 0) is 33.4 Å². The Morgan fingerprint density at radius 2 is 0.980 bits per heavy atom. The van der Waals surface area contributed by atoms with Crippen LogP contribution in [0.3, 0.4) is 0 Å². The van der Waals surface area contributed by atoms with Crippen molar-refractivity contribution in [1.82, 2.24) is 0 Å². The third kappa shape index (κ3) is 8.87. The summed E-state index contributed by atoms with van der Waals surface area (Å²) in [6.45, 7) is 0. The van der Waals surface area contributed by atoms with Gasteiger partial charge in [0.25, 0.3) is 0 Å². The number of phenols is 6. The van der Waals surface area contributed by atoms with Gasteiger partial charge in [-0.25, -0.2) is 19.2 Å². The van der Waals surface area contributed by atoms with Gasteiger partial charge in [-0.05, 0) is 84.2 Å². The van der Waals surface area contributed by atoms with Crippen LogP contribution < -0.4 is 0 Å². The number of hydrogen-bond acceptors (Lipinski definition) is 14. The molecule has 4 rings (SSSR count). The molecular weight excluding hydrogens is 648 g/mol. The molecule has 0 aromatic heterocycles. The molecule has 0 spiro atoms. The molecule has 1 saturated carbocycles. The molecule has 4 atom stereocenters. The maximum atomic E-state index is 13.0. The number of carboxylic acid groups (broad SMARTS) is 1. The smallest absolute Gasteiger partial charge is 0.339 e. The summed E-state index contributed by atoms with van der Waals surface area (Å²) in [6, 6.07) is 10.9. The minimum Gasteiger partial charge on any atom is -0.504 e. The van der Waals surface area contributed by atoms with Gasteiger partial charge in [-0.3, -0.25) is 0 Å². The van der Waals surface area contributed by atoms with Crippen LogP contribution in [0.2, 0.25) is 0 Å². The average molecular weight is 679 g/mol. The molecule has 0 heterocycles. The Labute approximate surface area is 277 Å². The van der Waals surface area contributed by atoms with Crippen LogP contribution in [0.1, 0.15) is 29.5 Å². The van der Waals surface area contributed by atoms with Gasteiger partial charge in [0, 0.05) is 18.2 Å². The molecule has 0 saturated heterocycles. The number of phenolic OH excluding ortho intramolecular Hbond substituents is 6. The lowest BCUT2D eigenvalue weighted by Gasteiger charge is -2.43. The Morgan fingerprint density at radius 3 is 1.37 bits per heavy atom. The SMILES string of the molecule is O=C(/C=C/c1ccc(O)c(O)c1)O[C@H]1[C@H](OC(=O)/C=C/c2ccc(O)c(O)c2)CC[C@](O)(C(=O)O)[C@H]1OC(=O)/C=C/c1ccc(O)c(O)c1. The van der Waals surface area contributed by atoms with Crippen molar-refractivity contribution in [3.8, 4) is 34.5 Å². The number of hydrogen-bond donors (Lipinski definition) is 8. The highest BCUT2D eigenvalue weighted by molar-refractivity contribution is 5.90. The van der Waals surface area contributed by atoms with Crippen molar-refractivity contribution in [3.05, 3.63) is 89.5 Å². The molecule has 3 aromatic carbocycles. The van der Waals surface area contributed by atoms with Crippen molar-refractivity contribution in [3.63, 3.8) is 0 Å². The van der Waals surface area contributed by atoms with E-state index in [0.29, 0.717) is 0 Å². The molecule has 3 aromatic rings. The van der Waals surface area contributed by atoms with E-state index < -0.39 is 88.7 Å². The molecule has 0 amide bonds. The fourth-order valence-electron chi connectivity index (χ4n) is 4.74. The van der Waals surface area contributed by atoms with Gasteiger partial charge in [0.1, 0.15) is 6.10 Å². The number of benzene rings is 3. The van der Waals surface area contributed by atoms with E-state index in [2.05, 4.69) is 0 Å². The fourth-order valence-corrected chi connectivity index (χ4v) is 4.74. The summed E-state index contributed by atoms with van der Waals surface area (Å²) in [4.78, 5) is 51.0. The summed E-state index contributed by atoms with van der Waals surface area (Å²) in [5.41, 5.74) is -2.09. The fraction of sp³-hybridized carbons (Fsp3) is 0.176. The largest absolute Gasteiger partial charge is 0.504 e. The van der Waals surface area contributed by atoms with Crippen LogP contribution in [-0.4, -0.2) is 88.6 Å². The Balaban J connectivity index is 1.63. The zero-order valence-corrected chi connectivity index (χ0v) is 25.2.